The van der Waals surface area contributed by atoms with Crippen molar-refractivity contribution in [3.05, 3.63) is 0 Å². The van der Waals surface area contributed by atoms with Gasteiger partial charge >= 0.3 is 0 Å². The van der Waals surface area contributed by atoms with Gasteiger partial charge in [0.05, 0.1) is 0 Å². The Kier molecular flexibility index (Phi) is 4.06. The summed E-state index contributed by atoms with van der Waals surface area (Å²) in [5, 5.41) is 12.1. The van der Waals surface area contributed by atoms with E-state index in [1.165, 1.54) is 25.7 Å². The first-order chi connectivity index (χ1) is 10.2. The lowest BCUT2D eigenvalue weighted by atomic mass is 9.66. The molecule has 0 aromatic rings. The van der Waals surface area contributed by atoms with Crippen LogP contribution in [0.1, 0.15) is 44.9 Å². The fourth-order valence-corrected chi connectivity index (χ4v) is 4.07. The molecule has 0 aromatic heterocycles. The highest BCUT2D eigenvalue weighted by Crippen LogP contribution is 2.43. The van der Waals surface area contributed by atoms with Crippen LogP contribution in [0.25, 0.3) is 0 Å². The number of amidine groups is 1. The third-order valence-electron chi connectivity index (χ3n) is 5.66. The van der Waals surface area contributed by atoms with Gasteiger partial charge in [-0.2, -0.15) is 0 Å². The average molecular weight is 294 g/mol. The number of hydrogen-bond donors (Lipinski definition) is 2. The number of nitrogens with two attached hydrogens (primary N) is 1. The maximum atomic E-state index is 12.8. The minimum absolute atomic E-state index is 0.0649. The van der Waals surface area contributed by atoms with E-state index in [2.05, 4.69) is 10.1 Å². The Morgan fingerprint density at radius 1 is 1.10 bits per heavy atom. The lowest BCUT2D eigenvalue weighted by Gasteiger charge is -2.45. The van der Waals surface area contributed by atoms with E-state index in [1.54, 1.807) is 0 Å². The van der Waals surface area contributed by atoms with Crippen LogP contribution < -0.4 is 5.73 Å². The van der Waals surface area contributed by atoms with Gasteiger partial charge in [-0.3, -0.25) is 9.69 Å². The zero-order valence-corrected chi connectivity index (χ0v) is 12.6. The molecular weight excluding hydrogens is 268 g/mol. The standard InChI is InChI=1S/C15H26N4O2/c16-13(17-21)15(6-3-7-15)14(20)19-10-8-18(9-11-19)12-4-1-2-5-12/h12,21H,1-11H2,(H2,16,17). The Hall–Kier alpha value is -1.30. The van der Waals surface area contributed by atoms with Crippen LogP contribution in [0.3, 0.4) is 0 Å². The predicted octanol–water partition coefficient (Wildman–Crippen LogP) is 0.990. The van der Waals surface area contributed by atoms with Crippen molar-refractivity contribution < 1.29 is 10.0 Å². The van der Waals surface area contributed by atoms with Crippen LogP contribution in [0.2, 0.25) is 0 Å². The number of carbonyl (C=O) groups excluding carboxylic acids is 1. The number of nitrogens with zero attached hydrogens (tertiary/aromatic N) is 3. The molecule has 1 amide bonds. The molecule has 0 unspecified atom stereocenters. The van der Waals surface area contributed by atoms with E-state index in [9.17, 15) is 4.79 Å². The van der Waals surface area contributed by atoms with Crippen LogP contribution in [-0.2, 0) is 4.79 Å². The molecule has 1 saturated heterocycles. The second-order valence-corrected chi connectivity index (χ2v) is 6.69. The van der Waals surface area contributed by atoms with E-state index in [0.29, 0.717) is 12.8 Å². The van der Waals surface area contributed by atoms with E-state index in [0.717, 1.165) is 38.6 Å². The number of carbonyl (C=O) groups is 1. The maximum Gasteiger partial charge on any atom is 0.236 e. The van der Waals surface area contributed by atoms with Gasteiger partial charge in [-0.05, 0) is 25.7 Å². The lowest BCUT2D eigenvalue weighted by Crippen LogP contribution is -2.59. The summed E-state index contributed by atoms with van der Waals surface area (Å²) in [6.45, 7) is 3.47. The molecule has 3 fully saturated rings. The van der Waals surface area contributed by atoms with Gasteiger partial charge in [-0.15, -0.1) is 0 Å². The fraction of sp³-hybridized carbons (Fsp3) is 0.867. The minimum Gasteiger partial charge on any atom is -0.409 e. The van der Waals surface area contributed by atoms with Crippen LogP contribution in [0, 0.1) is 5.41 Å². The summed E-state index contributed by atoms with van der Waals surface area (Å²) in [6.07, 6.45) is 7.70. The van der Waals surface area contributed by atoms with Gasteiger partial charge in [-0.1, -0.05) is 24.4 Å². The van der Waals surface area contributed by atoms with Crippen molar-refractivity contribution in [2.45, 2.75) is 51.0 Å². The van der Waals surface area contributed by atoms with Crippen molar-refractivity contribution in [3.8, 4) is 0 Å². The summed E-state index contributed by atoms with van der Waals surface area (Å²) in [5.41, 5.74) is 5.07. The van der Waals surface area contributed by atoms with Gasteiger partial charge in [-0.25, -0.2) is 0 Å². The van der Waals surface area contributed by atoms with Crippen LogP contribution in [-0.4, -0.2) is 59.0 Å². The molecule has 6 nitrogen and oxygen atoms in total. The van der Waals surface area contributed by atoms with Gasteiger partial charge in [0, 0.05) is 32.2 Å². The number of hydrogen-bond acceptors (Lipinski definition) is 4. The molecule has 1 heterocycles. The molecule has 0 atom stereocenters. The third kappa shape index (κ3) is 2.50. The number of rotatable bonds is 3. The molecule has 0 bridgehead atoms. The van der Waals surface area contributed by atoms with Crippen LogP contribution >= 0.6 is 0 Å². The molecule has 1 aliphatic heterocycles. The quantitative estimate of drug-likeness (QED) is 0.352. The first-order valence-electron chi connectivity index (χ1n) is 8.19. The topological polar surface area (TPSA) is 82.2 Å². The Bertz CT molecular complexity index is 419. The zero-order chi connectivity index (χ0) is 14.9. The average Bonchev–Trinajstić information content (AvgIpc) is 3.00. The van der Waals surface area contributed by atoms with E-state index >= 15 is 0 Å². The Morgan fingerprint density at radius 2 is 1.71 bits per heavy atom. The summed E-state index contributed by atoms with van der Waals surface area (Å²) in [6, 6.07) is 0.726. The van der Waals surface area contributed by atoms with Gasteiger partial charge in [0.15, 0.2) is 5.84 Å². The molecule has 3 rings (SSSR count). The summed E-state index contributed by atoms with van der Waals surface area (Å²) in [7, 11) is 0. The summed E-state index contributed by atoms with van der Waals surface area (Å²) >= 11 is 0. The van der Waals surface area contributed by atoms with Crippen molar-refractivity contribution in [2.75, 3.05) is 26.2 Å². The van der Waals surface area contributed by atoms with Gasteiger partial charge in [0.1, 0.15) is 5.41 Å². The molecule has 21 heavy (non-hydrogen) atoms. The molecule has 3 aliphatic rings. The van der Waals surface area contributed by atoms with Gasteiger partial charge in [0.25, 0.3) is 0 Å². The third-order valence-corrected chi connectivity index (χ3v) is 5.66. The van der Waals surface area contributed by atoms with Gasteiger partial charge < -0.3 is 15.8 Å². The van der Waals surface area contributed by atoms with Crippen molar-refractivity contribution in [2.24, 2.45) is 16.3 Å². The first-order valence-corrected chi connectivity index (χ1v) is 8.19. The second kappa shape index (κ2) is 5.83. The van der Waals surface area contributed by atoms with Crippen molar-refractivity contribution in [3.63, 3.8) is 0 Å². The van der Waals surface area contributed by atoms with Crippen LogP contribution in [0.5, 0.6) is 0 Å². The highest BCUT2D eigenvalue weighted by molar-refractivity contribution is 6.07. The minimum atomic E-state index is -0.718. The molecule has 2 saturated carbocycles. The van der Waals surface area contributed by atoms with E-state index in [4.69, 9.17) is 10.9 Å². The van der Waals surface area contributed by atoms with Crippen molar-refractivity contribution in [1.82, 2.24) is 9.80 Å². The molecule has 2 aliphatic carbocycles. The van der Waals surface area contributed by atoms with Gasteiger partial charge in [0.2, 0.25) is 5.91 Å². The molecular formula is C15H26N4O2. The highest BCUT2D eigenvalue weighted by atomic mass is 16.4. The molecule has 0 aromatic carbocycles. The summed E-state index contributed by atoms with van der Waals surface area (Å²) < 4.78 is 0. The number of amides is 1. The number of piperazine rings is 1. The molecule has 3 N–H and O–H groups in total. The first kappa shape index (κ1) is 14.6. The normalized spacial score (nSPS) is 27.6. The van der Waals surface area contributed by atoms with Crippen molar-refractivity contribution in [1.29, 1.82) is 0 Å². The van der Waals surface area contributed by atoms with E-state index < -0.39 is 5.41 Å². The Labute approximate surface area is 125 Å². The summed E-state index contributed by atoms with van der Waals surface area (Å²) in [4.78, 5) is 17.2. The maximum absolute atomic E-state index is 12.8. The van der Waals surface area contributed by atoms with E-state index in [1.807, 2.05) is 4.90 Å². The monoisotopic (exact) mass is 294 g/mol. The summed E-state index contributed by atoms with van der Waals surface area (Å²) in [5.74, 6) is 0.159. The Morgan fingerprint density at radius 3 is 2.19 bits per heavy atom. The lowest BCUT2D eigenvalue weighted by molar-refractivity contribution is -0.144. The largest absolute Gasteiger partial charge is 0.409 e. The predicted molar refractivity (Wildman–Crippen MR) is 80.1 cm³/mol. The zero-order valence-electron chi connectivity index (χ0n) is 12.6. The fourth-order valence-electron chi connectivity index (χ4n) is 4.07. The SMILES string of the molecule is NC(=NO)C1(C(=O)N2CCN(C3CCCC3)CC2)CCC1. The van der Waals surface area contributed by atoms with Crippen LogP contribution in [0.4, 0.5) is 0 Å². The highest BCUT2D eigenvalue weighted by Gasteiger charge is 2.50. The van der Waals surface area contributed by atoms with Crippen LogP contribution in [0.15, 0.2) is 5.16 Å². The Balaban J connectivity index is 1.59. The number of oxime groups is 1. The second-order valence-electron chi connectivity index (χ2n) is 6.69. The van der Waals surface area contributed by atoms with Crippen molar-refractivity contribution >= 4 is 11.7 Å². The molecule has 118 valence electrons. The smallest absolute Gasteiger partial charge is 0.236 e. The molecule has 6 heteroatoms. The molecule has 0 spiro atoms. The molecule has 0 radical (unpaired) electrons. The van der Waals surface area contributed by atoms with E-state index in [-0.39, 0.29) is 11.7 Å².